The summed E-state index contributed by atoms with van der Waals surface area (Å²) in [5, 5.41) is 5.38. The summed E-state index contributed by atoms with van der Waals surface area (Å²) < 4.78 is 0. The van der Waals surface area contributed by atoms with Gasteiger partial charge in [-0.25, -0.2) is 0 Å². The zero-order chi connectivity index (χ0) is 22.3. The number of rotatable bonds is 9. The standard InChI is InChI=1S/C33H31/c1-2-11-26(12-3-1)13-4-5-14-27(23-28-21-22-29-15-6-7-17-31(29)24-28)25-32-19-10-18-30-16-8-9-20-33(30)32/h1-3,6-12,15-22,24H,4-5,13-14,23,25H2. The first-order valence-electron chi connectivity index (χ1n) is 12.2. The molecule has 0 fully saturated rings. The minimum absolute atomic E-state index is 1.05. The van der Waals surface area contributed by atoms with Crippen molar-refractivity contribution in [2.75, 3.05) is 0 Å². The van der Waals surface area contributed by atoms with Crippen LogP contribution in [-0.4, -0.2) is 0 Å². The molecule has 0 aromatic heterocycles. The van der Waals surface area contributed by atoms with Crippen molar-refractivity contribution in [3.63, 3.8) is 0 Å². The highest BCUT2D eigenvalue weighted by atomic mass is 14.2. The van der Waals surface area contributed by atoms with Gasteiger partial charge in [-0.1, -0.05) is 122 Å². The lowest BCUT2D eigenvalue weighted by molar-refractivity contribution is 0.647. The van der Waals surface area contributed by atoms with Gasteiger partial charge in [0.2, 0.25) is 0 Å². The average molecular weight is 428 g/mol. The molecule has 33 heavy (non-hydrogen) atoms. The third-order valence-electron chi connectivity index (χ3n) is 6.68. The van der Waals surface area contributed by atoms with Gasteiger partial charge in [0, 0.05) is 0 Å². The Morgan fingerprint density at radius 2 is 1.21 bits per heavy atom. The van der Waals surface area contributed by atoms with Crippen molar-refractivity contribution >= 4 is 21.5 Å². The van der Waals surface area contributed by atoms with E-state index in [1.54, 1.807) is 5.92 Å². The molecule has 0 atom stereocenters. The minimum atomic E-state index is 1.05. The van der Waals surface area contributed by atoms with Crippen LogP contribution in [0.25, 0.3) is 21.5 Å². The van der Waals surface area contributed by atoms with Gasteiger partial charge in [-0.05, 0) is 76.3 Å². The SMILES string of the molecule is c1ccc(CCCC[C](Cc2ccc3ccccc3c2)Cc2cccc3ccccc23)cc1. The van der Waals surface area contributed by atoms with Crippen molar-refractivity contribution < 1.29 is 0 Å². The van der Waals surface area contributed by atoms with Gasteiger partial charge >= 0.3 is 0 Å². The summed E-state index contributed by atoms with van der Waals surface area (Å²) >= 11 is 0. The third kappa shape index (κ3) is 5.52. The van der Waals surface area contributed by atoms with Crippen molar-refractivity contribution in [1.82, 2.24) is 0 Å². The predicted octanol–water partition coefficient (Wildman–Crippen LogP) is 8.77. The van der Waals surface area contributed by atoms with Gasteiger partial charge in [-0.2, -0.15) is 0 Å². The quantitative estimate of drug-likeness (QED) is 0.206. The zero-order valence-electron chi connectivity index (χ0n) is 19.2. The Hall–Kier alpha value is -3.38. The van der Waals surface area contributed by atoms with Crippen LogP contribution in [0.2, 0.25) is 0 Å². The van der Waals surface area contributed by atoms with E-state index < -0.39 is 0 Å². The summed E-state index contributed by atoms with van der Waals surface area (Å²) in [7, 11) is 0. The Kier molecular flexibility index (Phi) is 6.82. The van der Waals surface area contributed by atoms with Crippen LogP contribution in [0.5, 0.6) is 0 Å². The first-order chi connectivity index (χ1) is 16.3. The van der Waals surface area contributed by atoms with E-state index in [4.69, 9.17) is 0 Å². The number of hydrogen-bond acceptors (Lipinski definition) is 0. The largest absolute Gasteiger partial charge is 0.0622 e. The first-order valence-corrected chi connectivity index (χ1v) is 12.2. The number of fused-ring (bicyclic) bond motifs is 2. The normalized spacial score (nSPS) is 11.4. The number of benzene rings is 5. The van der Waals surface area contributed by atoms with Gasteiger partial charge in [0.1, 0.15) is 0 Å². The maximum atomic E-state index is 2.38. The highest BCUT2D eigenvalue weighted by Gasteiger charge is 2.14. The molecule has 1 radical (unpaired) electrons. The van der Waals surface area contributed by atoms with Crippen molar-refractivity contribution in [2.45, 2.75) is 38.5 Å². The molecule has 0 amide bonds. The lowest BCUT2D eigenvalue weighted by atomic mass is 9.86. The Labute approximate surface area is 197 Å². The molecule has 0 heteroatoms. The molecule has 0 aliphatic rings. The van der Waals surface area contributed by atoms with Crippen molar-refractivity contribution in [3.05, 3.63) is 138 Å². The molecule has 0 bridgehead atoms. The first kappa shape index (κ1) is 21.5. The molecule has 0 unspecified atom stereocenters. The molecule has 5 aromatic carbocycles. The maximum absolute atomic E-state index is 2.38. The fourth-order valence-electron chi connectivity index (χ4n) is 4.94. The van der Waals surface area contributed by atoms with E-state index in [2.05, 4.69) is 115 Å². The molecule has 0 saturated heterocycles. The fourth-order valence-corrected chi connectivity index (χ4v) is 4.94. The molecular formula is C33H31. The van der Waals surface area contributed by atoms with Crippen LogP contribution >= 0.6 is 0 Å². The van der Waals surface area contributed by atoms with Crippen LogP contribution in [0.15, 0.2) is 115 Å². The summed E-state index contributed by atoms with van der Waals surface area (Å²) in [5.41, 5.74) is 4.32. The van der Waals surface area contributed by atoms with E-state index in [-0.39, 0.29) is 0 Å². The Morgan fingerprint density at radius 1 is 0.485 bits per heavy atom. The van der Waals surface area contributed by atoms with Crippen molar-refractivity contribution in [2.24, 2.45) is 0 Å². The van der Waals surface area contributed by atoms with Gasteiger partial charge in [0.15, 0.2) is 0 Å². The van der Waals surface area contributed by atoms with Crippen LogP contribution in [0.1, 0.15) is 36.0 Å². The van der Waals surface area contributed by atoms with E-state index in [0.717, 1.165) is 12.8 Å². The lowest BCUT2D eigenvalue weighted by Crippen LogP contribution is -2.07. The summed E-state index contributed by atoms with van der Waals surface area (Å²) in [5.74, 6) is 1.63. The summed E-state index contributed by atoms with van der Waals surface area (Å²) in [4.78, 5) is 0. The Bertz CT molecular complexity index is 1310. The molecule has 5 rings (SSSR count). The van der Waals surface area contributed by atoms with Gasteiger partial charge in [0.05, 0.1) is 0 Å². The van der Waals surface area contributed by atoms with E-state index in [1.165, 1.54) is 63.9 Å². The molecule has 5 aromatic rings. The molecule has 0 saturated carbocycles. The monoisotopic (exact) mass is 427 g/mol. The Morgan fingerprint density at radius 3 is 2.09 bits per heavy atom. The fraction of sp³-hybridized carbons (Fsp3) is 0.182. The number of hydrogen-bond donors (Lipinski definition) is 0. The second-order valence-corrected chi connectivity index (χ2v) is 9.12. The third-order valence-corrected chi connectivity index (χ3v) is 6.68. The van der Waals surface area contributed by atoms with Crippen molar-refractivity contribution in [3.8, 4) is 0 Å². The van der Waals surface area contributed by atoms with Crippen molar-refractivity contribution in [1.29, 1.82) is 0 Å². The average Bonchev–Trinajstić information content (AvgIpc) is 2.87. The predicted molar refractivity (Wildman–Crippen MR) is 143 cm³/mol. The van der Waals surface area contributed by atoms with Gasteiger partial charge < -0.3 is 0 Å². The van der Waals surface area contributed by atoms with Gasteiger partial charge in [-0.15, -0.1) is 0 Å². The summed E-state index contributed by atoms with van der Waals surface area (Å²) in [6.07, 6.45) is 6.93. The molecule has 0 N–H and O–H groups in total. The van der Waals surface area contributed by atoms with Crippen LogP contribution in [0.4, 0.5) is 0 Å². The second-order valence-electron chi connectivity index (χ2n) is 9.12. The van der Waals surface area contributed by atoms with Crippen LogP contribution in [0, 0.1) is 5.92 Å². The molecule has 163 valence electrons. The van der Waals surface area contributed by atoms with E-state index in [0.29, 0.717) is 0 Å². The molecule has 0 aliphatic carbocycles. The van der Waals surface area contributed by atoms with E-state index in [9.17, 15) is 0 Å². The van der Waals surface area contributed by atoms with Gasteiger partial charge in [0.25, 0.3) is 0 Å². The highest BCUT2D eigenvalue weighted by molar-refractivity contribution is 5.86. The molecule has 0 aliphatic heterocycles. The zero-order valence-corrected chi connectivity index (χ0v) is 19.2. The lowest BCUT2D eigenvalue weighted by Gasteiger charge is -2.18. The molecule has 0 spiro atoms. The molecule has 0 nitrogen and oxygen atoms in total. The minimum Gasteiger partial charge on any atom is -0.0622 e. The second kappa shape index (κ2) is 10.5. The summed E-state index contributed by atoms with van der Waals surface area (Å²) in [6, 6.07) is 42.1. The molecular weight excluding hydrogens is 396 g/mol. The topological polar surface area (TPSA) is 0 Å². The van der Waals surface area contributed by atoms with E-state index in [1.807, 2.05) is 0 Å². The highest BCUT2D eigenvalue weighted by Crippen LogP contribution is 2.28. The van der Waals surface area contributed by atoms with Crippen LogP contribution in [-0.2, 0) is 19.3 Å². The summed E-state index contributed by atoms with van der Waals surface area (Å²) in [6.45, 7) is 0. The molecule has 0 heterocycles. The van der Waals surface area contributed by atoms with Crippen LogP contribution in [0.3, 0.4) is 0 Å². The maximum Gasteiger partial charge on any atom is -0.0152 e. The van der Waals surface area contributed by atoms with E-state index >= 15 is 0 Å². The van der Waals surface area contributed by atoms with Crippen LogP contribution < -0.4 is 0 Å². The number of aryl methyl sites for hydroxylation is 1. The smallest absolute Gasteiger partial charge is 0.0152 e. The number of unbranched alkanes of at least 4 members (excludes halogenated alkanes) is 1. The van der Waals surface area contributed by atoms with Gasteiger partial charge in [-0.3, -0.25) is 0 Å². The Balaban J connectivity index is 1.33.